The summed E-state index contributed by atoms with van der Waals surface area (Å²) in [5, 5.41) is 0.688. The molecule has 0 atom stereocenters. The van der Waals surface area contributed by atoms with E-state index in [4.69, 9.17) is 4.74 Å². The SMILES string of the molecule is Cc1ccc(C)c(N2C(=O)c3ccc(C(=O)OCc4nc5ccccc5s4)cc3C2=O)c1. The quantitative estimate of drug-likeness (QED) is 0.326. The lowest BCUT2D eigenvalue weighted by Crippen LogP contribution is -2.30. The summed E-state index contributed by atoms with van der Waals surface area (Å²) in [5.74, 6) is -1.41. The fraction of sp³-hybridized carbons (Fsp3) is 0.120. The number of benzene rings is 3. The van der Waals surface area contributed by atoms with E-state index in [0.29, 0.717) is 10.7 Å². The first-order chi connectivity index (χ1) is 15.4. The van der Waals surface area contributed by atoms with E-state index in [1.807, 2.05) is 56.3 Å². The van der Waals surface area contributed by atoms with Crippen molar-refractivity contribution < 1.29 is 19.1 Å². The molecule has 0 spiro atoms. The second kappa shape index (κ2) is 7.69. The van der Waals surface area contributed by atoms with Crippen molar-refractivity contribution in [1.29, 1.82) is 0 Å². The highest BCUT2D eigenvalue weighted by molar-refractivity contribution is 7.18. The summed E-state index contributed by atoms with van der Waals surface area (Å²) in [5.41, 5.74) is 3.87. The first-order valence-corrected chi connectivity index (χ1v) is 10.9. The lowest BCUT2D eigenvalue weighted by Gasteiger charge is -2.17. The summed E-state index contributed by atoms with van der Waals surface area (Å²) < 4.78 is 6.43. The molecule has 4 aromatic rings. The molecule has 6 nitrogen and oxygen atoms in total. The van der Waals surface area contributed by atoms with Crippen molar-refractivity contribution in [1.82, 2.24) is 4.98 Å². The lowest BCUT2D eigenvalue weighted by molar-refractivity contribution is 0.0472. The van der Waals surface area contributed by atoms with Crippen molar-refractivity contribution in [3.8, 4) is 0 Å². The number of para-hydroxylation sites is 1. The number of imide groups is 1. The van der Waals surface area contributed by atoms with Crippen molar-refractivity contribution in [2.75, 3.05) is 4.90 Å². The molecule has 0 aliphatic carbocycles. The van der Waals surface area contributed by atoms with Crippen LogP contribution in [-0.4, -0.2) is 22.8 Å². The monoisotopic (exact) mass is 442 g/mol. The minimum Gasteiger partial charge on any atom is -0.455 e. The normalized spacial score (nSPS) is 13.0. The van der Waals surface area contributed by atoms with E-state index in [0.717, 1.165) is 21.3 Å². The number of ether oxygens (including phenoxy) is 1. The highest BCUT2D eigenvalue weighted by Gasteiger charge is 2.38. The molecular weight excluding hydrogens is 424 g/mol. The second-order valence-corrected chi connectivity index (χ2v) is 8.76. The van der Waals surface area contributed by atoms with Crippen LogP contribution in [0.2, 0.25) is 0 Å². The first kappa shape index (κ1) is 20.1. The number of hydrogen-bond acceptors (Lipinski definition) is 6. The lowest BCUT2D eigenvalue weighted by atomic mass is 10.1. The topological polar surface area (TPSA) is 76.6 Å². The molecule has 7 heteroatoms. The van der Waals surface area contributed by atoms with Crippen molar-refractivity contribution in [2.45, 2.75) is 20.5 Å². The fourth-order valence-electron chi connectivity index (χ4n) is 3.74. The number of thiazole rings is 1. The Labute approximate surface area is 188 Å². The van der Waals surface area contributed by atoms with E-state index in [-0.39, 0.29) is 23.3 Å². The Hall–Kier alpha value is -3.84. The van der Waals surface area contributed by atoms with Gasteiger partial charge in [0.1, 0.15) is 11.6 Å². The molecule has 1 aliphatic rings. The van der Waals surface area contributed by atoms with Gasteiger partial charge in [-0.15, -0.1) is 11.3 Å². The zero-order valence-electron chi connectivity index (χ0n) is 17.4. The third-order valence-corrected chi connectivity index (χ3v) is 6.40. The Bertz CT molecular complexity index is 1390. The van der Waals surface area contributed by atoms with Gasteiger partial charge in [-0.2, -0.15) is 0 Å². The van der Waals surface area contributed by atoms with Gasteiger partial charge in [0.2, 0.25) is 0 Å². The maximum atomic E-state index is 13.1. The van der Waals surface area contributed by atoms with Gasteiger partial charge in [0.05, 0.1) is 32.6 Å². The molecule has 3 aromatic carbocycles. The molecule has 0 fully saturated rings. The van der Waals surface area contributed by atoms with E-state index in [1.54, 1.807) is 0 Å². The highest BCUT2D eigenvalue weighted by Crippen LogP contribution is 2.32. The molecule has 2 amide bonds. The van der Waals surface area contributed by atoms with Gasteiger partial charge in [0.25, 0.3) is 11.8 Å². The Morgan fingerprint density at radius 3 is 2.56 bits per heavy atom. The molecule has 0 bridgehead atoms. The standard InChI is InChI=1S/C25H18N2O4S/c1-14-7-8-15(2)20(11-14)27-23(28)17-10-9-16(12-18(17)24(27)29)25(30)31-13-22-26-19-5-3-4-6-21(19)32-22/h3-12H,13H2,1-2H3. The first-order valence-electron chi connectivity index (χ1n) is 10.0. The summed E-state index contributed by atoms with van der Waals surface area (Å²) in [6.45, 7) is 3.79. The Morgan fingerprint density at radius 1 is 0.969 bits per heavy atom. The summed E-state index contributed by atoms with van der Waals surface area (Å²) in [4.78, 5) is 44.2. The maximum Gasteiger partial charge on any atom is 0.338 e. The molecule has 158 valence electrons. The van der Waals surface area contributed by atoms with Crippen LogP contribution in [0.4, 0.5) is 5.69 Å². The average Bonchev–Trinajstić information content (AvgIpc) is 3.32. The maximum absolute atomic E-state index is 13.1. The fourth-order valence-corrected chi connectivity index (χ4v) is 4.62. The third-order valence-electron chi connectivity index (χ3n) is 5.39. The van der Waals surface area contributed by atoms with Crippen LogP contribution in [0.25, 0.3) is 10.2 Å². The van der Waals surface area contributed by atoms with Crippen LogP contribution in [0.3, 0.4) is 0 Å². The number of nitrogens with zero attached hydrogens (tertiary/aromatic N) is 2. The Balaban J connectivity index is 1.38. The van der Waals surface area contributed by atoms with Gasteiger partial charge in [-0.3, -0.25) is 9.59 Å². The van der Waals surface area contributed by atoms with Crippen LogP contribution in [0.1, 0.15) is 47.2 Å². The van der Waals surface area contributed by atoms with Gasteiger partial charge in [-0.1, -0.05) is 24.3 Å². The second-order valence-electron chi connectivity index (χ2n) is 7.65. The molecule has 1 aliphatic heterocycles. The molecule has 0 unspecified atom stereocenters. The molecule has 5 rings (SSSR count). The molecule has 32 heavy (non-hydrogen) atoms. The van der Waals surface area contributed by atoms with Crippen molar-refractivity contribution in [3.05, 3.63) is 93.5 Å². The van der Waals surface area contributed by atoms with Gasteiger partial charge in [0, 0.05) is 0 Å². The summed E-state index contributed by atoms with van der Waals surface area (Å²) in [6.07, 6.45) is 0. The minimum atomic E-state index is -0.572. The van der Waals surface area contributed by atoms with Gasteiger partial charge in [0.15, 0.2) is 0 Å². The number of hydrogen-bond donors (Lipinski definition) is 0. The number of carbonyl (C=O) groups excluding carboxylic acids is 3. The van der Waals surface area contributed by atoms with E-state index >= 15 is 0 Å². The van der Waals surface area contributed by atoms with Crippen LogP contribution in [0, 0.1) is 13.8 Å². The van der Waals surface area contributed by atoms with Crippen molar-refractivity contribution in [3.63, 3.8) is 0 Å². The molecule has 0 radical (unpaired) electrons. The van der Waals surface area contributed by atoms with Gasteiger partial charge >= 0.3 is 5.97 Å². The number of carbonyl (C=O) groups is 3. The predicted octanol–water partition coefficient (Wildman–Crippen LogP) is 5.07. The van der Waals surface area contributed by atoms with Crippen LogP contribution in [0.15, 0.2) is 60.7 Å². The number of rotatable bonds is 4. The Kier molecular flexibility index (Phi) is 4.83. The number of fused-ring (bicyclic) bond motifs is 2. The van der Waals surface area contributed by atoms with E-state index < -0.39 is 17.8 Å². The smallest absolute Gasteiger partial charge is 0.338 e. The number of aromatic nitrogens is 1. The van der Waals surface area contributed by atoms with E-state index in [1.165, 1.54) is 34.4 Å². The highest BCUT2D eigenvalue weighted by atomic mass is 32.1. The summed E-state index contributed by atoms with van der Waals surface area (Å²) in [6, 6.07) is 17.8. The molecule has 0 N–H and O–H groups in total. The van der Waals surface area contributed by atoms with Gasteiger partial charge < -0.3 is 4.74 Å². The number of aryl methyl sites for hydroxylation is 2. The van der Waals surface area contributed by atoms with E-state index in [2.05, 4.69) is 4.98 Å². The molecule has 0 saturated carbocycles. The Morgan fingerprint density at radius 2 is 1.75 bits per heavy atom. The molecule has 2 heterocycles. The number of anilines is 1. The summed E-state index contributed by atoms with van der Waals surface area (Å²) >= 11 is 1.46. The number of esters is 1. The molecule has 1 aromatic heterocycles. The van der Waals surface area contributed by atoms with Crippen LogP contribution in [0.5, 0.6) is 0 Å². The molecule has 0 saturated heterocycles. The van der Waals surface area contributed by atoms with Crippen LogP contribution in [-0.2, 0) is 11.3 Å². The average molecular weight is 442 g/mol. The molecular formula is C25H18N2O4S. The third kappa shape index (κ3) is 3.36. The number of amides is 2. The predicted molar refractivity (Wildman–Crippen MR) is 122 cm³/mol. The summed E-state index contributed by atoms with van der Waals surface area (Å²) in [7, 11) is 0. The van der Waals surface area contributed by atoms with Crippen LogP contribution < -0.4 is 4.90 Å². The largest absolute Gasteiger partial charge is 0.455 e. The van der Waals surface area contributed by atoms with Crippen molar-refractivity contribution in [2.24, 2.45) is 0 Å². The minimum absolute atomic E-state index is 0.0384. The zero-order chi connectivity index (χ0) is 22.4. The van der Waals surface area contributed by atoms with Crippen LogP contribution >= 0.6 is 11.3 Å². The van der Waals surface area contributed by atoms with Crippen molar-refractivity contribution >= 4 is 45.0 Å². The zero-order valence-corrected chi connectivity index (χ0v) is 18.2. The van der Waals surface area contributed by atoms with Gasteiger partial charge in [-0.25, -0.2) is 14.7 Å². The van der Waals surface area contributed by atoms with E-state index in [9.17, 15) is 14.4 Å². The van der Waals surface area contributed by atoms with Gasteiger partial charge in [-0.05, 0) is 61.4 Å².